The first-order valence-electron chi connectivity index (χ1n) is 7.27. The van der Waals surface area contributed by atoms with E-state index in [9.17, 15) is 17.3 Å². The molecule has 0 aromatic heterocycles. The average Bonchev–Trinajstić information content (AvgIpc) is 2.24. The third-order valence-electron chi connectivity index (χ3n) is 2.49. The molecule has 2 aliphatic carbocycles. The molecule has 0 radical (unpaired) electrons. The Kier molecular flexibility index (Phi) is 18.0. The molecule has 0 aliphatic heterocycles. The van der Waals surface area contributed by atoms with Gasteiger partial charge in [0.1, 0.15) is 0 Å². The summed E-state index contributed by atoms with van der Waals surface area (Å²) in [5.41, 5.74) is 0. The normalized spacial score (nSPS) is 17.3. The standard InChI is InChI=1S/2C8H11.BF4.Ir/c2*1-2-4-6-8-7-5-3-1;2-1(3,4)5;/h2*1-2,7H,3-6H2;;/q3*-1;+3. The Labute approximate surface area is 144 Å². The van der Waals surface area contributed by atoms with E-state index in [0.29, 0.717) is 0 Å². The van der Waals surface area contributed by atoms with Gasteiger partial charge in [-0.2, -0.15) is 12.8 Å². The van der Waals surface area contributed by atoms with Crippen LogP contribution in [0.25, 0.3) is 0 Å². The summed E-state index contributed by atoms with van der Waals surface area (Å²) in [5.74, 6) is 0. The van der Waals surface area contributed by atoms with Gasteiger partial charge in [-0.05, 0) is 12.8 Å². The predicted molar refractivity (Wildman–Crippen MR) is 81.0 cm³/mol. The van der Waals surface area contributed by atoms with Gasteiger partial charge in [0, 0.05) is 0 Å². The molecule has 0 saturated carbocycles. The van der Waals surface area contributed by atoms with Crippen molar-refractivity contribution in [3.05, 3.63) is 48.6 Å². The summed E-state index contributed by atoms with van der Waals surface area (Å²) in [6.07, 6.45) is 29.0. The zero-order valence-corrected chi connectivity index (χ0v) is 14.9. The van der Waals surface area contributed by atoms with Crippen molar-refractivity contribution in [2.45, 2.75) is 51.4 Å². The monoisotopic (exact) mass is 494 g/mol. The summed E-state index contributed by atoms with van der Waals surface area (Å²) in [6, 6.07) is 0. The van der Waals surface area contributed by atoms with Crippen molar-refractivity contribution in [1.29, 1.82) is 0 Å². The number of halogens is 4. The van der Waals surface area contributed by atoms with Crippen molar-refractivity contribution in [3.63, 3.8) is 0 Å². The van der Waals surface area contributed by atoms with Crippen LogP contribution in [0.15, 0.2) is 36.5 Å². The van der Waals surface area contributed by atoms with E-state index in [1.807, 2.05) is 0 Å². The molecule has 22 heavy (non-hydrogen) atoms. The summed E-state index contributed by atoms with van der Waals surface area (Å²) in [6.45, 7) is 0. The molecule has 0 heterocycles. The summed E-state index contributed by atoms with van der Waals surface area (Å²) in [4.78, 5) is 0. The minimum atomic E-state index is -6.00. The Morgan fingerprint density at radius 2 is 0.909 bits per heavy atom. The van der Waals surface area contributed by atoms with Gasteiger partial charge in [-0.3, -0.25) is 12.2 Å². The molecule has 0 bridgehead atoms. The summed E-state index contributed by atoms with van der Waals surface area (Å²) in [5, 5.41) is 0. The molecule has 0 fully saturated rings. The van der Waals surface area contributed by atoms with Gasteiger partial charge in [0.25, 0.3) is 0 Å². The zero-order chi connectivity index (χ0) is 15.8. The maximum absolute atomic E-state index is 9.75. The van der Waals surface area contributed by atoms with Crippen molar-refractivity contribution < 1.29 is 37.4 Å². The van der Waals surface area contributed by atoms with Crippen LogP contribution in [0.2, 0.25) is 0 Å². The first kappa shape index (κ1) is 23.7. The van der Waals surface area contributed by atoms with E-state index in [2.05, 4.69) is 48.6 Å². The van der Waals surface area contributed by atoms with E-state index in [1.165, 1.54) is 38.5 Å². The van der Waals surface area contributed by atoms with Crippen molar-refractivity contribution >= 4 is 7.25 Å². The molecule has 0 nitrogen and oxygen atoms in total. The minimum Gasteiger partial charge on any atom is -0.500 e. The van der Waals surface area contributed by atoms with E-state index >= 15 is 0 Å². The third kappa shape index (κ3) is 27.7. The Hall–Kier alpha value is -0.606. The molecule has 0 amide bonds. The molecule has 0 N–H and O–H groups in total. The third-order valence-corrected chi connectivity index (χ3v) is 2.49. The van der Waals surface area contributed by atoms with Gasteiger partial charge in [0.2, 0.25) is 0 Å². The maximum Gasteiger partial charge on any atom is 3.00 e. The van der Waals surface area contributed by atoms with Gasteiger partial charge in [0.15, 0.2) is 0 Å². The van der Waals surface area contributed by atoms with Gasteiger partial charge in [-0.1, -0.05) is 50.0 Å². The second-order valence-electron chi connectivity index (χ2n) is 4.49. The van der Waals surface area contributed by atoms with Gasteiger partial charge in [0.05, 0.1) is 0 Å². The van der Waals surface area contributed by atoms with E-state index in [0.717, 1.165) is 12.8 Å². The molecule has 0 spiro atoms. The number of rotatable bonds is 0. The van der Waals surface area contributed by atoms with Crippen molar-refractivity contribution in [2.75, 3.05) is 0 Å². The van der Waals surface area contributed by atoms with E-state index in [1.54, 1.807) is 0 Å². The summed E-state index contributed by atoms with van der Waals surface area (Å²) >= 11 is 0. The first-order chi connectivity index (χ1) is 10.0. The van der Waals surface area contributed by atoms with E-state index < -0.39 is 7.25 Å². The molecule has 126 valence electrons. The number of allylic oxidation sites excluding steroid dienone is 8. The minimum absolute atomic E-state index is 0. The fourth-order valence-electron chi connectivity index (χ4n) is 1.57. The van der Waals surface area contributed by atoms with Crippen molar-refractivity contribution in [2.24, 2.45) is 0 Å². The zero-order valence-electron chi connectivity index (χ0n) is 12.5. The van der Waals surface area contributed by atoms with Crippen LogP contribution in [-0.4, -0.2) is 7.25 Å². The van der Waals surface area contributed by atoms with Crippen molar-refractivity contribution in [1.82, 2.24) is 0 Å². The Bertz CT molecular complexity index is 261. The Morgan fingerprint density at radius 1 is 0.591 bits per heavy atom. The Balaban J connectivity index is 0. The molecule has 0 unspecified atom stereocenters. The molecular formula is C16H22BF4Ir. The second-order valence-corrected chi connectivity index (χ2v) is 4.49. The molecule has 0 saturated heterocycles. The first-order valence-corrected chi connectivity index (χ1v) is 7.27. The Morgan fingerprint density at radius 3 is 1.27 bits per heavy atom. The largest absolute Gasteiger partial charge is 3.00 e. The average molecular weight is 493 g/mol. The van der Waals surface area contributed by atoms with Crippen LogP contribution in [0.5, 0.6) is 0 Å². The van der Waals surface area contributed by atoms with Crippen LogP contribution >= 0.6 is 0 Å². The van der Waals surface area contributed by atoms with Gasteiger partial charge in [-0.15, -0.1) is 0 Å². The quantitative estimate of drug-likeness (QED) is 0.162. The molecule has 0 aromatic rings. The summed E-state index contributed by atoms with van der Waals surface area (Å²) in [7, 11) is -6.00. The van der Waals surface area contributed by atoms with Crippen LogP contribution in [0.3, 0.4) is 0 Å². The molecular weight excluding hydrogens is 471 g/mol. The van der Waals surface area contributed by atoms with Gasteiger partial charge >= 0.3 is 27.4 Å². The molecule has 2 rings (SSSR count). The SMILES string of the molecule is F[B-](F)(F)F.[C-]1=CCCC=CCC1.[C-]1=CCCC=CCC1.[Ir+3]. The van der Waals surface area contributed by atoms with Gasteiger partial charge < -0.3 is 29.4 Å². The van der Waals surface area contributed by atoms with E-state index in [4.69, 9.17) is 0 Å². The van der Waals surface area contributed by atoms with Crippen LogP contribution in [0.1, 0.15) is 51.4 Å². The van der Waals surface area contributed by atoms with Crippen molar-refractivity contribution in [3.8, 4) is 0 Å². The smallest absolute Gasteiger partial charge is 0.500 e. The topological polar surface area (TPSA) is 0 Å². The second kappa shape index (κ2) is 16.8. The fraction of sp³-hybridized carbons (Fsp3) is 0.500. The molecule has 0 aromatic carbocycles. The van der Waals surface area contributed by atoms with Crippen LogP contribution in [0, 0.1) is 12.2 Å². The number of hydrogen-bond donors (Lipinski definition) is 0. The number of hydrogen-bond acceptors (Lipinski definition) is 0. The van der Waals surface area contributed by atoms with E-state index in [-0.39, 0.29) is 20.1 Å². The van der Waals surface area contributed by atoms with Crippen LogP contribution < -0.4 is 0 Å². The molecule has 0 atom stereocenters. The fourth-order valence-corrected chi connectivity index (χ4v) is 1.57. The van der Waals surface area contributed by atoms with Crippen LogP contribution in [-0.2, 0) is 20.1 Å². The molecule has 6 heteroatoms. The molecule has 2 aliphatic rings. The predicted octanol–water partition coefficient (Wildman–Crippen LogP) is 6.25. The van der Waals surface area contributed by atoms with Crippen LogP contribution in [0.4, 0.5) is 17.3 Å². The maximum atomic E-state index is 9.75. The van der Waals surface area contributed by atoms with Gasteiger partial charge in [-0.25, -0.2) is 0 Å². The summed E-state index contributed by atoms with van der Waals surface area (Å²) < 4.78 is 39.0.